The van der Waals surface area contributed by atoms with Crippen molar-refractivity contribution in [3.05, 3.63) is 106 Å². The average Bonchev–Trinajstić information content (AvgIpc) is 2.73. The molecule has 155 valence electrons. The van der Waals surface area contributed by atoms with Gasteiger partial charge in [0.15, 0.2) is 0 Å². The molecule has 0 saturated heterocycles. The van der Waals surface area contributed by atoms with Crippen LogP contribution in [0, 0.1) is 19.9 Å². The molecule has 0 unspecified atom stereocenters. The second-order valence-corrected chi connectivity index (χ2v) is 6.08. The topological polar surface area (TPSA) is 60.7 Å². The van der Waals surface area contributed by atoms with E-state index in [4.69, 9.17) is 15.3 Å². The van der Waals surface area contributed by atoms with Gasteiger partial charge in [0.1, 0.15) is 0 Å². The number of aryl methyl sites for hydroxylation is 2. The van der Waals surface area contributed by atoms with E-state index < -0.39 is 0 Å². The van der Waals surface area contributed by atoms with Gasteiger partial charge in [-0.25, -0.2) is 0 Å². The SMILES string of the molecule is CO.CO.CO.Cc1cccc(Cc2c[c-]cc(Cc3cccc(C)c3)c2)c1.[Y]. The molecule has 3 aromatic rings. The summed E-state index contributed by atoms with van der Waals surface area (Å²) in [7, 11) is 3.00. The largest absolute Gasteiger partial charge is 0.400 e. The first-order valence-corrected chi connectivity index (χ1v) is 9.13. The van der Waals surface area contributed by atoms with Gasteiger partial charge in [-0.2, -0.15) is 35.4 Å². The average molecular weight is 470 g/mol. The summed E-state index contributed by atoms with van der Waals surface area (Å²) in [5, 5.41) is 21.0. The molecule has 0 aliphatic rings. The minimum absolute atomic E-state index is 0. The third-order valence-electron chi connectivity index (χ3n) is 3.89. The summed E-state index contributed by atoms with van der Waals surface area (Å²) in [5.74, 6) is 0. The van der Waals surface area contributed by atoms with Gasteiger partial charge in [0.2, 0.25) is 0 Å². The molecule has 3 aromatic carbocycles. The Morgan fingerprint density at radius 1 is 0.586 bits per heavy atom. The summed E-state index contributed by atoms with van der Waals surface area (Å²) < 4.78 is 0. The zero-order valence-electron chi connectivity index (χ0n) is 18.2. The zero-order valence-corrected chi connectivity index (χ0v) is 21.0. The summed E-state index contributed by atoms with van der Waals surface area (Å²) in [6, 6.07) is 27.3. The molecule has 0 aliphatic carbocycles. The van der Waals surface area contributed by atoms with Gasteiger partial charge in [-0.05, 0) is 26.7 Å². The monoisotopic (exact) mass is 470 g/mol. The molecule has 29 heavy (non-hydrogen) atoms. The Morgan fingerprint density at radius 3 is 1.31 bits per heavy atom. The molecule has 0 amide bonds. The molecular weight excluding hydrogens is 437 g/mol. The van der Waals surface area contributed by atoms with E-state index in [9.17, 15) is 0 Å². The Morgan fingerprint density at radius 2 is 0.966 bits per heavy atom. The van der Waals surface area contributed by atoms with Crippen molar-refractivity contribution in [1.82, 2.24) is 0 Å². The fourth-order valence-corrected chi connectivity index (χ4v) is 2.90. The molecule has 0 spiro atoms. The van der Waals surface area contributed by atoms with Crippen LogP contribution in [0.5, 0.6) is 0 Å². The van der Waals surface area contributed by atoms with Crippen LogP contribution in [-0.4, -0.2) is 36.6 Å². The van der Waals surface area contributed by atoms with Crippen molar-refractivity contribution < 1.29 is 48.0 Å². The third kappa shape index (κ3) is 12.1. The van der Waals surface area contributed by atoms with Gasteiger partial charge in [-0.15, -0.1) is 0 Å². The molecular formula is C25H33O3Y-. The van der Waals surface area contributed by atoms with Crippen molar-refractivity contribution in [3.63, 3.8) is 0 Å². The molecule has 0 saturated carbocycles. The maximum absolute atomic E-state index is 7.00. The van der Waals surface area contributed by atoms with E-state index in [0.717, 1.165) is 34.2 Å². The van der Waals surface area contributed by atoms with E-state index in [1.165, 1.54) is 33.4 Å². The molecule has 0 heterocycles. The van der Waals surface area contributed by atoms with E-state index >= 15 is 0 Å². The first-order chi connectivity index (χ1) is 13.7. The van der Waals surface area contributed by atoms with Crippen LogP contribution in [0.25, 0.3) is 0 Å². The Hall–Kier alpha value is -1.36. The van der Waals surface area contributed by atoms with Gasteiger partial charge in [-0.1, -0.05) is 70.8 Å². The van der Waals surface area contributed by atoms with Crippen LogP contribution < -0.4 is 0 Å². The summed E-state index contributed by atoms with van der Waals surface area (Å²) in [5.41, 5.74) is 8.02. The second kappa shape index (κ2) is 18.7. The van der Waals surface area contributed by atoms with E-state index in [2.05, 4.69) is 86.6 Å². The van der Waals surface area contributed by atoms with Crippen LogP contribution in [-0.2, 0) is 45.6 Å². The Labute approximate surface area is 201 Å². The minimum atomic E-state index is 0. The van der Waals surface area contributed by atoms with E-state index in [0.29, 0.717) is 0 Å². The van der Waals surface area contributed by atoms with E-state index in [1.54, 1.807) is 0 Å². The van der Waals surface area contributed by atoms with Crippen LogP contribution in [0.15, 0.2) is 66.7 Å². The number of hydrogen-bond acceptors (Lipinski definition) is 3. The van der Waals surface area contributed by atoms with Crippen LogP contribution in [0.2, 0.25) is 0 Å². The van der Waals surface area contributed by atoms with Gasteiger partial charge < -0.3 is 15.3 Å². The standard InChI is InChI=1S/C22H21.3CH4O.Y/c1-17-6-3-8-19(12-17)14-21-10-5-11-22(16-21)15-20-9-4-7-18(2)13-20;3*1-2;/h3-4,6-13,16H,14-15H2,1-2H3;3*2H,1H3;/q-1;;;;. The van der Waals surface area contributed by atoms with Crippen LogP contribution in [0.3, 0.4) is 0 Å². The maximum atomic E-state index is 7.00. The normalized spacial score (nSPS) is 8.69. The van der Waals surface area contributed by atoms with Crippen molar-refractivity contribution >= 4 is 0 Å². The molecule has 0 bridgehead atoms. The smallest absolute Gasteiger partial charge is 0.0319 e. The molecule has 0 aliphatic heterocycles. The molecule has 0 atom stereocenters. The zero-order chi connectivity index (χ0) is 21.4. The van der Waals surface area contributed by atoms with Crippen LogP contribution >= 0.6 is 0 Å². The van der Waals surface area contributed by atoms with Crippen molar-refractivity contribution in [2.24, 2.45) is 0 Å². The summed E-state index contributed by atoms with van der Waals surface area (Å²) >= 11 is 0. The van der Waals surface area contributed by atoms with Gasteiger partial charge in [0.05, 0.1) is 0 Å². The number of benzene rings is 3. The predicted octanol–water partition coefficient (Wildman–Crippen LogP) is 4.11. The quantitative estimate of drug-likeness (QED) is 0.503. The molecule has 1 radical (unpaired) electrons. The van der Waals surface area contributed by atoms with Gasteiger partial charge in [-0.3, -0.25) is 0 Å². The summed E-state index contributed by atoms with van der Waals surface area (Å²) in [4.78, 5) is 0. The van der Waals surface area contributed by atoms with Gasteiger partial charge in [0, 0.05) is 54.0 Å². The Kier molecular flexibility index (Phi) is 19.2. The minimum Gasteiger partial charge on any atom is -0.400 e. The number of aliphatic hydroxyl groups is 3. The second-order valence-electron chi connectivity index (χ2n) is 6.08. The summed E-state index contributed by atoms with van der Waals surface area (Å²) in [6.07, 6.45) is 1.94. The first kappa shape index (κ1) is 29.8. The molecule has 3 rings (SSSR count). The number of aliphatic hydroxyl groups excluding tert-OH is 3. The third-order valence-corrected chi connectivity index (χ3v) is 3.89. The maximum Gasteiger partial charge on any atom is 0.0319 e. The summed E-state index contributed by atoms with van der Waals surface area (Å²) in [6.45, 7) is 4.29. The van der Waals surface area contributed by atoms with Crippen molar-refractivity contribution in [3.8, 4) is 0 Å². The van der Waals surface area contributed by atoms with Crippen LogP contribution in [0.4, 0.5) is 0 Å². The van der Waals surface area contributed by atoms with E-state index in [1.807, 2.05) is 0 Å². The molecule has 4 heteroatoms. The molecule has 3 nitrogen and oxygen atoms in total. The van der Waals surface area contributed by atoms with Crippen molar-refractivity contribution in [2.75, 3.05) is 21.3 Å². The first-order valence-electron chi connectivity index (χ1n) is 9.13. The molecule has 3 N–H and O–H groups in total. The van der Waals surface area contributed by atoms with Gasteiger partial charge in [0.25, 0.3) is 0 Å². The fourth-order valence-electron chi connectivity index (χ4n) is 2.90. The number of hydrogen-bond donors (Lipinski definition) is 3. The van der Waals surface area contributed by atoms with Gasteiger partial charge >= 0.3 is 0 Å². The number of rotatable bonds is 4. The Balaban J connectivity index is 0. The fraction of sp³-hybridized carbons (Fsp3) is 0.280. The van der Waals surface area contributed by atoms with Crippen molar-refractivity contribution in [2.45, 2.75) is 26.7 Å². The molecule has 0 aromatic heterocycles. The molecule has 0 fully saturated rings. The Bertz CT molecular complexity index is 726. The van der Waals surface area contributed by atoms with Crippen LogP contribution in [0.1, 0.15) is 33.4 Å². The predicted molar refractivity (Wildman–Crippen MR) is 118 cm³/mol. The van der Waals surface area contributed by atoms with Crippen molar-refractivity contribution in [1.29, 1.82) is 0 Å². The van der Waals surface area contributed by atoms with E-state index in [-0.39, 0.29) is 32.7 Å².